The van der Waals surface area contributed by atoms with Gasteiger partial charge in [0, 0.05) is 12.1 Å². The van der Waals surface area contributed by atoms with E-state index < -0.39 is 0 Å². The SMILES string of the molecule is CNC(c1cc(F)ccc1Cl)C1(OC)CCC1. The van der Waals surface area contributed by atoms with Crippen molar-refractivity contribution in [3.63, 3.8) is 0 Å². The normalized spacial score (nSPS) is 19.8. The van der Waals surface area contributed by atoms with Gasteiger partial charge in [0.2, 0.25) is 0 Å². The molecular weight excluding hydrogens is 241 g/mol. The van der Waals surface area contributed by atoms with Crippen LogP contribution < -0.4 is 5.32 Å². The van der Waals surface area contributed by atoms with E-state index in [1.165, 1.54) is 12.1 Å². The van der Waals surface area contributed by atoms with Gasteiger partial charge >= 0.3 is 0 Å². The molecule has 0 heterocycles. The highest BCUT2D eigenvalue weighted by Gasteiger charge is 2.45. The van der Waals surface area contributed by atoms with Crippen molar-refractivity contribution >= 4 is 11.6 Å². The van der Waals surface area contributed by atoms with E-state index in [2.05, 4.69) is 5.32 Å². The summed E-state index contributed by atoms with van der Waals surface area (Å²) in [5.41, 5.74) is 0.530. The van der Waals surface area contributed by atoms with E-state index in [1.807, 2.05) is 7.05 Å². The van der Waals surface area contributed by atoms with Gasteiger partial charge in [-0.3, -0.25) is 0 Å². The van der Waals surface area contributed by atoms with Gasteiger partial charge in [0.1, 0.15) is 5.82 Å². The quantitative estimate of drug-likeness (QED) is 0.894. The van der Waals surface area contributed by atoms with Crippen molar-refractivity contribution in [1.82, 2.24) is 5.32 Å². The summed E-state index contributed by atoms with van der Waals surface area (Å²) >= 11 is 6.15. The third-order valence-corrected chi connectivity index (χ3v) is 4.03. The summed E-state index contributed by atoms with van der Waals surface area (Å²) in [5.74, 6) is -0.268. The lowest BCUT2D eigenvalue weighted by atomic mass is 9.72. The lowest BCUT2D eigenvalue weighted by Gasteiger charge is -2.46. The molecule has 1 fully saturated rings. The maximum Gasteiger partial charge on any atom is 0.123 e. The molecule has 17 heavy (non-hydrogen) atoms. The molecule has 0 aliphatic heterocycles. The lowest BCUT2D eigenvalue weighted by Crippen LogP contribution is -2.49. The Morgan fingerprint density at radius 1 is 1.47 bits per heavy atom. The van der Waals surface area contributed by atoms with E-state index in [4.69, 9.17) is 16.3 Å². The molecule has 1 aromatic carbocycles. The molecule has 2 rings (SSSR count). The minimum absolute atomic E-state index is 0.0653. The van der Waals surface area contributed by atoms with Gasteiger partial charge in [-0.2, -0.15) is 0 Å². The van der Waals surface area contributed by atoms with E-state index in [9.17, 15) is 4.39 Å². The Balaban J connectivity index is 2.37. The van der Waals surface area contributed by atoms with Crippen molar-refractivity contribution in [1.29, 1.82) is 0 Å². The number of nitrogens with one attached hydrogen (secondary N) is 1. The highest BCUT2D eigenvalue weighted by molar-refractivity contribution is 6.31. The van der Waals surface area contributed by atoms with Crippen LogP contribution in [0.25, 0.3) is 0 Å². The van der Waals surface area contributed by atoms with Crippen LogP contribution in [0.2, 0.25) is 5.02 Å². The van der Waals surface area contributed by atoms with Gasteiger partial charge in [0.15, 0.2) is 0 Å². The van der Waals surface area contributed by atoms with Crippen molar-refractivity contribution < 1.29 is 9.13 Å². The molecule has 0 aromatic heterocycles. The van der Waals surface area contributed by atoms with Gasteiger partial charge in [-0.1, -0.05) is 11.6 Å². The monoisotopic (exact) mass is 257 g/mol. The van der Waals surface area contributed by atoms with Gasteiger partial charge in [-0.15, -0.1) is 0 Å². The maximum atomic E-state index is 13.3. The zero-order valence-corrected chi connectivity index (χ0v) is 10.9. The second-order valence-electron chi connectivity index (χ2n) is 4.51. The average Bonchev–Trinajstić information content (AvgIpc) is 2.27. The number of hydrogen-bond donors (Lipinski definition) is 1. The van der Waals surface area contributed by atoms with E-state index in [0.29, 0.717) is 5.02 Å². The minimum atomic E-state index is -0.268. The van der Waals surface area contributed by atoms with Crippen molar-refractivity contribution in [3.05, 3.63) is 34.6 Å². The predicted molar refractivity (Wildman–Crippen MR) is 66.8 cm³/mol. The van der Waals surface area contributed by atoms with Gasteiger partial charge in [-0.05, 0) is 50.1 Å². The summed E-state index contributed by atoms with van der Waals surface area (Å²) in [4.78, 5) is 0. The van der Waals surface area contributed by atoms with Gasteiger partial charge in [-0.25, -0.2) is 4.39 Å². The Labute approximate surface area is 106 Å². The molecule has 1 saturated carbocycles. The number of ether oxygens (including phenoxy) is 1. The number of halogens is 2. The third-order valence-electron chi connectivity index (χ3n) is 3.69. The zero-order chi connectivity index (χ0) is 12.5. The van der Waals surface area contributed by atoms with Crippen LogP contribution in [0.1, 0.15) is 30.9 Å². The number of rotatable bonds is 4. The molecule has 1 aliphatic carbocycles. The smallest absolute Gasteiger partial charge is 0.123 e. The Hall–Kier alpha value is -0.640. The van der Waals surface area contributed by atoms with Crippen LogP contribution in [-0.4, -0.2) is 19.8 Å². The van der Waals surface area contributed by atoms with Crippen LogP contribution in [0, 0.1) is 5.82 Å². The number of benzene rings is 1. The Bertz CT molecular complexity index is 401. The first-order valence-electron chi connectivity index (χ1n) is 5.80. The predicted octanol–water partition coefficient (Wildman–Crippen LogP) is 3.31. The number of methoxy groups -OCH3 is 1. The molecular formula is C13H17ClFNO. The first-order chi connectivity index (χ1) is 8.13. The first-order valence-corrected chi connectivity index (χ1v) is 6.18. The van der Waals surface area contributed by atoms with E-state index in [-0.39, 0.29) is 17.5 Å². The summed E-state index contributed by atoms with van der Waals surface area (Å²) in [6.45, 7) is 0. The fraction of sp³-hybridized carbons (Fsp3) is 0.538. The first kappa shape index (κ1) is 12.8. The molecule has 0 amide bonds. The number of likely N-dealkylation sites (N-methyl/N-ethyl adjacent to an activating group) is 1. The average molecular weight is 258 g/mol. The van der Waals surface area contributed by atoms with Crippen LogP contribution >= 0.6 is 11.6 Å². The summed E-state index contributed by atoms with van der Waals surface area (Å²) in [5, 5.41) is 3.78. The zero-order valence-electron chi connectivity index (χ0n) is 10.1. The Morgan fingerprint density at radius 2 is 2.18 bits per heavy atom. The number of hydrogen-bond acceptors (Lipinski definition) is 2. The van der Waals surface area contributed by atoms with Crippen LogP contribution in [-0.2, 0) is 4.74 Å². The second kappa shape index (κ2) is 4.92. The molecule has 1 atom stereocenters. The molecule has 0 spiro atoms. The van der Waals surface area contributed by atoms with Gasteiger partial charge in [0.25, 0.3) is 0 Å². The molecule has 2 nitrogen and oxygen atoms in total. The van der Waals surface area contributed by atoms with Crippen molar-refractivity contribution in [2.75, 3.05) is 14.2 Å². The molecule has 1 aromatic rings. The molecule has 1 aliphatic rings. The van der Waals surface area contributed by atoms with E-state index >= 15 is 0 Å². The molecule has 4 heteroatoms. The van der Waals surface area contributed by atoms with Crippen LogP contribution in [0.4, 0.5) is 4.39 Å². The summed E-state index contributed by atoms with van der Waals surface area (Å²) in [7, 11) is 3.56. The molecule has 94 valence electrons. The molecule has 0 radical (unpaired) electrons. The van der Waals surface area contributed by atoms with Crippen LogP contribution in [0.5, 0.6) is 0 Å². The van der Waals surface area contributed by atoms with E-state index in [0.717, 1.165) is 24.8 Å². The van der Waals surface area contributed by atoms with Gasteiger partial charge < -0.3 is 10.1 Å². The van der Waals surface area contributed by atoms with Crippen molar-refractivity contribution in [2.45, 2.75) is 30.9 Å². The minimum Gasteiger partial charge on any atom is -0.376 e. The molecule has 0 bridgehead atoms. The molecule has 0 saturated heterocycles. The third kappa shape index (κ3) is 2.19. The standard InChI is InChI=1S/C13H17ClFNO/c1-16-12(13(17-2)6-3-7-13)10-8-9(15)4-5-11(10)14/h4-5,8,12,16H,3,6-7H2,1-2H3. The van der Waals surface area contributed by atoms with Crippen LogP contribution in [0.15, 0.2) is 18.2 Å². The van der Waals surface area contributed by atoms with Crippen molar-refractivity contribution in [3.8, 4) is 0 Å². The second-order valence-corrected chi connectivity index (χ2v) is 4.92. The summed E-state index contributed by atoms with van der Waals surface area (Å²) in [6.07, 6.45) is 3.09. The molecule has 1 unspecified atom stereocenters. The summed E-state index contributed by atoms with van der Waals surface area (Å²) in [6, 6.07) is 4.39. The van der Waals surface area contributed by atoms with Gasteiger partial charge in [0.05, 0.1) is 11.6 Å². The largest absolute Gasteiger partial charge is 0.376 e. The summed E-state index contributed by atoms with van der Waals surface area (Å²) < 4.78 is 19.0. The van der Waals surface area contributed by atoms with Crippen molar-refractivity contribution in [2.24, 2.45) is 0 Å². The maximum absolute atomic E-state index is 13.3. The highest BCUT2D eigenvalue weighted by atomic mass is 35.5. The fourth-order valence-electron chi connectivity index (χ4n) is 2.57. The Morgan fingerprint density at radius 3 is 2.65 bits per heavy atom. The fourth-order valence-corrected chi connectivity index (χ4v) is 2.80. The molecule has 1 N–H and O–H groups in total. The topological polar surface area (TPSA) is 21.3 Å². The lowest BCUT2D eigenvalue weighted by molar-refractivity contribution is -0.0983. The Kier molecular flexibility index (Phi) is 3.71. The van der Waals surface area contributed by atoms with Crippen LogP contribution in [0.3, 0.4) is 0 Å². The van der Waals surface area contributed by atoms with E-state index in [1.54, 1.807) is 13.2 Å². The highest BCUT2D eigenvalue weighted by Crippen LogP contribution is 2.46.